The van der Waals surface area contributed by atoms with Gasteiger partial charge in [-0.1, -0.05) is 60.0 Å². The molecule has 2 atom stereocenters. The predicted octanol–water partition coefficient (Wildman–Crippen LogP) is 8.43. The minimum absolute atomic E-state index is 0.149. The van der Waals surface area contributed by atoms with Gasteiger partial charge >= 0.3 is 0 Å². The maximum absolute atomic E-state index is 13.3. The fourth-order valence-corrected chi connectivity index (χ4v) is 7.36. The van der Waals surface area contributed by atoms with Gasteiger partial charge in [0.05, 0.1) is 21.0 Å². The zero-order valence-corrected chi connectivity index (χ0v) is 24.1. The maximum Gasteiger partial charge on any atom is 0.197 e. The van der Waals surface area contributed by atoms with Crippen LogP contribution >= 0.6 is 45.5 Å². The summed E-state index contributed by atoms with van der Waals surface area (Å²) in [6.45, 7) is 6.55. The van der Waals surface area contributed by atoms with E-state index in [1.54, 1.807) is 29.5 Å². The van der Waals surface area contributed by atoms with Gasteiger partial charge in [0.2, 0.25) is 0 Å². The topological polar surface area (TPSA) is 52.0 Å². The molecule has 4 aromatic rings. The molecule has 184 valence electrons. The Morgan fingerprint density at radius 3 is 2.46 bits per heavy atom. The highest BCUT2D eigenvalue weighted by Crippen LogP contribution is 2.42. The van der Waals surface area contributed by atoms with E-state index in [0.717, 1.165) is 30.3 Å². The molecule has 2 aromatic heterocycles. The van der Waals surface area contributed by atoms with Gasteiger partial charge in [-0.15, -0.1) is 11.3 Å². The van der Waals surface area contributed by atoms with Crippen molar-refractivity contribution in [2.45, 2.75) is 26.7 Å². The van der Waals surface area contributed by atoms with Crippen molar-refractivity contribution in [2.75, 3.05) is 0 Å². The quantitative estimate of drug-likeness (QED) is 0.129. The smallest absolute Gasteiger partial charge is 0.197 e. The lowest BCUT2D eigenvalue weighted by Gasteiger charge is -2.25. The molecular weight excluding hydrogens is 615 g/mol. The van der Waals surface area contributed by atoms with E-state index in [0.29, 0.717) is 22.1 Å². The Kier molecular flexibility index (Phi) is 6.09. The zero-order chi connectivity index (χ0) is 26.0. The molecule has 2 aromatic carbocycles. The molecule has 6 rings (SSSR count). The summed E-state index contributed by atoms with van der Waals surface area (Å²) in [5.74, 6) is 0.0159. The van der Waals surface area contributed by atoms with E-state index in [-0.39, 0.29) is 23.1 Å². The molecule has 0 spiro atoms. The largest absolute Gasteiger partial charge is 0.294 e. The van der Waals surface area contributed by atoms with Crippen LogP contribution in [-0.2, 0) is 0 Å². The van der Waals surface area contributed by atoms with Crippen LogP contribution in [0.4, 0.5) is 0 Å². The van der Waals surface area contributed by atoms with E-state index >= 15 is 0 Å². The Hall–Kier alpha value is -2.81. The van der Waals surface area contributed by atoms with E-state index in [9.17, 15) is 9.59 Å². The van der Waals surface area contributed by atoms with Gasteiger partial charge in [-0.05, 0) is 78.8 Å². The maximum atomic E-state index is 13.3. The van der Waals surface area contributed by atoms with Crippen LogP contribution in [0.5, 0.6) is 0 Å². The van der Waals surface area contributed by atoms with Crippen LogP contribution in [0.3, 0.4) is 0 Å². The lowest BCUT2D eigenvalue weighted by Crippen LogP contribution is -2.13. The number of halogens is 2. The molecule has 0 saturated carbocycles. The Bertz CT molecular complexity index is 1680. The van der Waals surface area contributed by atoms with Crippen molar-refractivity contribution in [3.05, 3.63) is 108 Å². The van der Waals surface area contributed by atoms with Crippen molar-refractivity contribution in [1.29, 1.82) is 0 Å². The Labute approximate surface area is 237 Å². The summed E-state index contributed by atoms with van der Waals surface area (Å²) in [4.78, 5) is 31.6. The Balaban J connectivity index is 1.50. The summed E-state index contributed by atoms with van der Waals surface area (Å²) >= 11 is 10.0. The summed E-state index contributed by atoms with van der Waals surface area (Å²) in [7, 11) is 0. The third-order valence-corrected chi connectivity index (χ3v) is 9.61. The van der Waals surface area contributed by atoms with Crippen molar-refractivity contribution in [1.82, 2.24) is 9.55 Å². The molecule has 4 nitrogen and oxygen atoms in total. The fourth-order valence-electron chi connectivity index (χ4n) is 5.44. The number of ketones is 2. The van der Waals surface area contributed by atoms with Gasteiger partial charge in [0.1, 0.15) is 5.01 Å². The van der Waals surface area contributed by atoms with Crippen LogP contribution < -0.4 is 0 Å². The number of para-hydroxylation sites is 1. The normalized spacial score (nSPS) is 20.5. The first kappa shape index (κ1) is 24.5. The second-order valence-electron chi connectivity index (χ2n) is 9.64. The number of Topliss-reactive ketones (excluding diaryl/α,β-unsaturated/α-hetero) is 2. The molecule has 2 heterocycles. The SMILES string of the molecule is CC1=CC(C)C(c2nc3c(cc(/C=C4\C(=O)c5cc(Cl)c(I)cc5C4=O)n3-c3ccccc3)s2)C(C)=C1. The van der Waals surface area contributed by atoms with Crippen LogP contribution in [0.15, 0.2) is 77.4 Å². The molecule has 0 bridgehead atoms. The van der Waals surface area contributed by atoms with Crippen LogP contribution in [0.1, 0.15) is 58.1 Å². The molecule has 0 saturated heterocycles. The minimum atomic E-state index is -0.296. The summed E-state index contributed by atoms with van der Waals surface area (Å²) in [6.07, 6.45) is 6.24. The molecule has 7 heteroatoms. The first-order valence-electron chi connectivity index (χ1n) is 12.0. The molecule has 0 aliphatic heterocycles. The van der Waals surface area contributed by atoms with Crippen LogP contribution in [0.25, 0.3) is 22.1 Å². The molecule has 0 radical (unpaired) electrons. The summed E-state index contributed by atoms with van der Waals surface area (Å²) in [5.41, 5.74) is 6.01. The number of carbonyl (C=O) groups excluding carboxylic acids is 2. The van der Waals surface area contributed by atoms with Gasteiger partial charge in [-0.25, -0.2) is 4.98 Å². The third-order valence-electron chi connectivity index (χ3n) is 7.01. The molecule has 2 unspecified atom stereocenters. The number of nitrogens with zero attached hydrogens (tertiary/aromatic N) is 2. The van der Waals surface area contributed by atoms with Crippen molar-refractivity contribution in [3.63, 3.8) is 0 Å². The fraction of sp³-hybridized carbons (Fsp3) is 0.167. The van der Waals surface area contributed by atoms with Crippen LogP contribution in [0.2, 0.25) is 5.02 Å². The number of hydrogen-bond donors (Lipinski definition) is 0. The highest BCUT2D eigenvalue weighted by atomic mass is 127. The van der Waals surface area contributed by atoms with Crippen LogP contribution in [0, 0.1) is 9.49 Å². The summed E-state index contributed by atoms with van der Waals surface area (Å²) in [6, 6.07) is 15.3. The zero-order valence-electron chi connectivity index (χ0n) is 20.4. The van der Waals surface area contributed by atoms with Crippen LogP contribution in [-0.4, -0.2) is 21.1 Å². The molecule has 0 N–H and O–H groups in total. The van der Waals surface area contributed by atoms with E-state index < -0.39 is 0 Å². The van der Waals surface area contributed by atoms with Gasteiger partial charge in [0, 0.05) is 26.3 Å². The molecule has 2 aliphatic rings. The number of carbonyl (C=O) groups is 2. The number of fused-ring (bicyclic) bond motifs is 2. The van der Waals surface area contributed by atoms with Crippen molar-refractivity contribution >= 4 is 73.5 Å². The molecular formula is C30H22ClIN2O2S. The second kappa shape index (κ2) is 9.19. The van der Waals surface area contributed by atoms with Gasteiger partial charge < -0.3 is 0 Å². The highest BCUT2D eigenvalue weighted by molar-refractivity contribution is 14.1. The first-order valence-corrected chi connectivity index (χ1v) is 14.2. The van der Waals surface area contributed by atoms with E-state index in [1.807, 2.05) is 41.0 Å². The lowest BCUT2D eigenvalue weighted by atomic mass is 9.82. The monoisotopic (exact) mass is 636 g/mol. The van der Waals surface area contributed by atoms with Gasteiger partial charge in [-0.2, -0.15) is 0 Å². The van der Waals surface area contributed by atoms with Gasteiger partial charge in [0.15, 0.2) is 17.2 Å². The first-order chi connectivity index (χ1) is 17.7. The Morgan fingerprint density at radius 1 is 1.05 bits per heavy atom. The number of benzene rings is 2. The van der Waals surface area contributed by atoms with Crippen molar-refractivity contribution in [2.24, 2.45) is 5.92 Å². The standard InChI is InChI=1S/C30H22ClIN2O2S/c1-15-9-16(2)26(17(3)10-15)30-33-29-25(37-30)12-19(34(29)18-7-5-4-6-8-18)11-22-27(35)20-13-23(31)24(32)14-21(20)28(22)36/h4-14,16,26H,1-3H3/b22-11+. The number of aromatic nitrogens is 2. The molecule has 0 amide bonds. The van der Waals surface area contributed by atoms with Crippen molar-refractivity contribution in [3.8, 4) is 5.69 Å². The number of hydrogen-bond acceptors (Lipinski definition) is 4. The molecule has 37 heavy (non-hydrogen) atoms. The molecule has 2 aliphatic carbocycles. The lowest BCUT2D eigenvalue weighted by molar-refractivity contribution is 0.0990. The predicted molar refractivity (Wildman–Crippen MR) is 159 cm³/mol. The average molecular weight is 637 g/mol. The van der Waals surface area contributed by atoms with Gasteiger partial charge in [-0.3, -0.25) is 14.2 Å². The van der Waals surface area contributed by atoms with E-state index in [4.69, 9.17) is 16.6 Å². The van der Waals surface area contributed by atoms with Crippen molar-refractivity contribution < 1.29 is 9.59 Å². The second-order valence-corrected chi connectivity index (χ2v) is 12.3. The van der Waals surface area contributed by atoms with E-state index in [2.05, 4.69) is 55.5 Å². The summed E-state index contributed by atoms with van der Waals surface area (Å²) in [5, 5.41) is 1.54. The summed E-state index contributed by atoms with van der Waals surface area (Å²) < 4.78 is 3.80. The third kappa shape index (κ3) is 4.06. The number of rotatable bonds is 3. The molecule has 0 fully saturated rings. The highest BCUT2D eigenvalue weighted by Gasteiger charge is 2.35. The van der Waals surface area contributed by atoms with E-state index in [1.165, 1.54) is 11.1 Å². The average Bonchev–Trinajstić information content (AvgIpc) is 3.46. The minimum Gasteiger partial charge on any atom is -0.294 e. The number of allylic oxidation sites excluding steroid dienone is 5. The number of thiazole rings is 1. The van der Waals surface area contributed by atoms with Gasteiger partial charge in [0.25, 0.3) is 0 Å². The Morgan fingerprint density at radius 2 is 1.76 bits per heavy atom.